The first-order valence-electron chi connectivity index (χ1n) is 16.7. The lowest BCUT2D eigenvalue weighted by Crippen LogP contribution is -2.52. The molecular formula is C39H46N6O2. The molecule has 2 aliphatic heterocycles. The van der Waals surface area contributed by atoms with Crippen LogP contribution in [0.25, 0.3) is 6.08 Å². The van der Waals surface area contributed by atoms with Crippen molar-refractivity contribution in [3.8, 4) is 0 Å². The lowest BCUT2D eigenvalue weighted by atomic mass is 9.97. The first kappa shape index (κ1) is 32.3. The summed E-state index contributed by atoms with van der Waals surface area (Å²) in [7, 11) is 4.07. The molecule has 1 atom stereocenters. The van der Waals surface area contributed by atoms with Gasteiger partial charge in [0.15, 0.2) is 0 Å². The average molecular weight is 631 g/mol. The number of nitrogens with zero attached hydrogens (tertiary/aromatic N) is 6. The Labute approximate surface area is 278 Å². The molecule has 2 amide bonds. The summed E-state index contributed by atoms with van der Waals surface area (Å²) in [5, 5.41) is 4.52. The number of fused-ring (bicyclic) bond motifs is 1. The van der Waals surface area contributed by atoms with E-state index < -0.39 is 6.04 Å². The number of anilines is 1. The van der Waals surface area contributed by atoms with Crippen molar-refractivity contribution in [3.63, 3.8) is 0 Å². The van der Waals surface area contributed by atoms with Crippen LogP contribution in [0.3, 0.4) is 0 Å². The second-order valence-corrected chi connectivity index (χ2v) is 12.9. The minimum Gasteiger partial charge on any atom is -0.369 e. The smallest absolute Gasteiger partial charge is 0.247 e. The number of aromatic nitrogens is 2. The van der Waals surface area contributed by atoms with Crippen molar-refractivity contribution in [2.45, 2.75) is 45.8 Å². The number of piperazine rings is 1. The van der Waals surface area contributed by atoms with Crippen molar-refractivity contribution in [3.05, 3.63) is 124 Å². The molecule has 0 saturated carbocycles. The fraction of sp³-hybridized carbons (Fsp3) is 0.359. The number of aryl methyl sites for hydroxylation is 2. The number of hydrogen-bond donors (Lipinski definition) is 0. The van der Waals surface area contributed by atoms with Gasteiger partial charge in [0.25, 0.3) is 0 Å². The van der Waals surface area contributed by atoms with Gasteiger partial charge >= 0.3 is 0 Å². The van der Waals surface area contributed by atoms with Crippen LogP contribution in [-0.2, 0) is 42.6 Å². The molecule has 8 nitrogen and oxygen atoms in total. The lowest BCUT2D eigenvalue weighted by molar-refractivity contribution is -0.144. The Balaban J connectivity index is 1.33. The first-order valence-corrected chi connectivity index (χ1v) is 16.7. The van der Waals surface area contributed by atoms with Gasteiger partial charge in [0.05, 0.1) is 5.69 Å². The minimum absolute atomic E-state index is 0.0205. The third-order valence-corrected chi connectivity index (χ3v) is 9.77. The van der Waals surface area contributed by atoms with Crippen LogP contribution in [-0.4, -0.2) is 82.1 Å². The van der Waals surface area contributed by atoms with Gasteiger partial charge in [-0.1, -0.05) is 66.7 Å². The summed E-state index contributed by atoms with van der Waals surface area (Å²) in [6, 6.07) is 26.2. The zero-order valence-corrected chi connectivity index (χ0v) is 28.1. The predicted octanol–water partition coefficient (Wildman–Crippen LogP) is 5.03. The van der Waals surface area contributed by atoms with E-state index in [1.165, 1.54) is 16.8 Å². The second-order valence-electron chi connectivity index (χ2n) is 12.9. The SMILES string of the molecule is Cc1nn(C)c(C)c1C=CC(=O)N(Cc1ccc(N2CCN(C)CC2)cc1)[C@@H](Cc1ccccc1)C(=O)N1CCc2ccccc2C1. The predicted molar refractivity (Wildman–Crippen MR) is 188 cm³/mol. The van der Waals surface area contributed by atoms with E-state index in [2.05, 4.69) is 64.4 Å². The zero-order chi connectivity index (χ0) is 32.9. The van der Waals surface area contributed by atoms with Gasteiger partial charge in [0.2, 0.25) is 11.8 Å². The zero-order valence-electron chi connectivity index (χ0n) is 28.1. The molecule has 6 rings (SSSR count). The standard InChI is InChI=1S/C39H46N6O2/c1-29-36(30(2)42(4)40-29)18-19-38(46)45(27-32-14-16-35(17-15-32)43-24-22-41(3)23-25-43)37(26-31-10-6-5-7-11-31)39(47)44-21-20-33-12-8-9-13-34(33)28-44/h5-19,37H,20-28H2,1-4H3/t37-/m0/s1. The van der Waals surface area contributed by atoms with E-state index in [9.17, 15) is 9.59 Å². The Morgan fingerprint density at radius 3 is 2.19 bits per heavy atom. The third kappa shape index (κ3) is 7.49. The van der Waals surface area contributed by atoms with Crippen molar-refractivity contribution >= 4 is 23.6 Å². The van der Waals surface area contributed by atoms with Crippen LogP contribution in [0.2, 0.25) is 0 Å². The summed E-state index contributed by atoms with van der Waals surface area (Å²) in [6.07, 6.45) is 4.71. The lowest BCUT2D eigenvalue weighted by Gasteiger charge is -2.37. The molecule has 1 fully saturated rings. The Kier molecular flexibility index (Phi) is 9.87. The van der Waals surface area contributed by atoms with Crippen molar-refractivity contribution in [2.24, 2.45) is 7.05 Å². The van der Waals surface area contributed by atoms with Gasteiger partial charge in [-0.15, -0.1) is 0 Å². The van der Waals surface area contributed by atoms with Gasteiger partial charge in [0.1, 0.15) is 6.04 Å². The highest BCUT2D eigenvalue weighted by Gasteiger charge is 2.34. The number of carbonyl (C=O) groups is 2. The van der Waals surface area contributed by atoms with Gasteiger partial charge in [-0.3, -0.25) is 14.3 Å². The summed E-state index contributed by atoms with van der Waals surface area (Å²) >= 11 is 0. The van der Waals surface area contributed by atoms with Gasteiger partial charge in [0, 0.05) is 82.3 Å². The van der Waals surface area contributed by atoms with Crippen molar-refractivity contribution in [1.82, 2.24) is 24.5 Å². The molecule has 3 heterocycles. The van der Waals surface area contributed by atoms with E-state index in [0.717, 1.165) is 60.7 Å². The number of carbonyl (C=O) groups excluding carboxylic acids is 2. The summed E-state index contributed by atoms with van der Waals surface area (Å²) in [5.74, 6) is -0.213. The molecule has 0 spiro atoms. The normalized spacial score (nSPS) is 15.9. The molecule has 0 unspecified atom stereocenters. The van der Waals surface area contributed by atoms with Crippen molar-refractivity contribution in [1.29, 1.82) is 0 Å². The van der Waals surface area contributed by atoms with Gasteiger partial charge in [-0.25, -0.2) is 0 Å². The molecule has 8 heteroatoms. The molecule has 1 saturated heterocycles. The average Bonchev–Trinajstić information content (AvgIpc) is 3.34. The van der Waals surface area contributed by atoms with Gasteiger partial charge in [-0.05, 0) is 67.8 Å². The van der Waals surface area contributed by atoms with Crippen LogP contribution in [0.5, 0.6) is 0 Å². The van der Waals surface area contributed by atoms with E-state index in [4.69, 9.17) is 0 Å². The molecule has 2 aliphatic rings. The molecule has 3 aromatic carbocycles. The molecule has 4 aromatic rings. The first-order chi connectivity index (χ1) is 22.8. The topological polar surface area (TPSA) is 64.9 Å². The highest BCUT2D eigenvalue weighted by Crippen LogP contribution is 2.25. The summed E-state index contributed by atoms with van der Waals surface area (Å²) < 4.78 is 1.83. The third-order valence-electron chi connectivity index (χ3n) is 9.77. The van der Waals surface area contributed by atoms with Crippen LogP contribution < -0.4 is 4.90 Å². The highest BCUT2D eigenvalue weighted by atomic mass is 16.2. The molecule has 244 valence electrons. The van der Waals surface area contributed by atoms with Crippen LogP contribution >= 0.6 is 0 Å². The van der Waals surface area contributed by atoms with Crippen LogP contribution in [0, 0.1) is 13.8 Å². The number of amides is 2. The Hall–Kier alpha value is -4.69. The minimum atomic E-state index is -0.673. The molecule has 1 aromatic heterocycles. The fourth-order valence-corrected chi connectivity index (χ4v) is 6.76. The van der Waals surface area contributed by atoms with Crippen LogP contribution in [0.1, 0.15) is 39.2 Å². The maximum atomic E-state index is 14.6. The summed E-state index contributed by atoms with van der Waals surface area (Å²) in [6.45, 7) is 9.51. The Bertz CT molecular complexity index is 1720. The van der Waals surface area contributed by atoms with Crippen molar-refractivity contribution < 1.29 is 9.59 Å². The van der Waals surface area contributed by atoms with Gasteiger partial charge < -0.3 is 19.6 Å². The molecule has 47 heavy (non-hydrogen) atoms. The molecular weight excluding hydrogens is 584 g/mol. The van der Waals surface area contributed by atoms with Crippen LogP contribution in [0.4, 0.5) is 5.69 Å². The summed E-state index contributed by atoms with van der Waals surface area (Å²) in [5.41, 5.74) is 8.44. The monoisotopic (exact) mass is 630 g/mol. The van der Waals surface area contributed by atoms with Gasteiger partial charge in [-0.2, -0.15) is 5.10 Å². The fourth-order valence-electron chi connectivity index (χ4n) is 6.76. The maximum Gasteiger partial charge on any atom is 0.247 e. The number of likely N-dealkylation sites (N-methyl/N-ethyl adjacent to an activating group) is 1. The number of hydrogen-bond acceptors (Lipinski definition) is 5. The van der Waals surface area contributed by atoms with E-state index in [1.807, 2.05) is 73.0 Å². The van der Waals surface area contributed by atoms with E-state index in [0.29, 0.717) is 26.1 Å². The highest BCUT2D eigenvalue weighted by molar-refractivity contribution is 5.96. The number of benzene rings is 3. The van der Waals surface area contributed by atoms with Crippen LogP contribution in [0.15, 0.2) is 84.9 Å². The molecule has 0 aliphatic carbocycles. The molecule has 0 N–H and O–H groups in total. The number of rotatable bonds is 9. The largest absolute Gasteiger partial charge is 0.369 e. The maximum absolute atomic E-state index is 14.6. The Morgan fingerprint density at radius 1 is 0.830 bits per heavy atom. The van der Waals surface area contributed by atoms with E-state index in [-0.39, 0.29) is 11.8 Å². The van der Waals surface area contributed by atoms with Crippen molar-refractivity contribution in [2.75, 3.05) is 44.7 Å². The summed E-state index contributed by atoms with van der Waals surface area (Å²) in [4.78, 5) is 37.4. The molecule has 0 bridgehead atoms. The quantitative estimate of drug-likeness (QED) is 0.243. The Morgan fingerprint density at radius 2 is 1.51 bits per heavy atom. The van der Waals surface area contributed by atoms with E-state index >= 15 is 0 Å². The second kappa shape index (κ2) is 14.4. The van der Waals surface area contributed by atoms with E-state index in [1.54, 1.807) is 11.0 Å². The molecule has 0 radical (unpaired) electrons.